The molecule has 1 heterocycles. The molecule has 22 heavy (non-hydrogen) atoms. The summed E-state index contributed by atoms with van der Waals surface area (Å²) in [6.07, 6.45) is 1.09. The van der Waals surface area contributed by atoms with Crippen molar-refractivity contribution in [3.8, 4) is 0 Å². The Bertz CT molecular complexity index is 702. The maximum absolute atomic E-state index is 12.5. The molecule has 0 aliphatic carbocycles. The van der Waals surface area contributed by atoms with Crippen molar-refractivity contribution in [1.82, 2.24) is 14.5 Å². The first kappa shape index (κ1) is 16.3. The molecule has 0 bridgehead atoms. The highest BCUT2D eigenvalue weighted by atomic mass is 16.3. The van der Waals surface area contributed by atoms with Gasteiger partial charge in [-0.25, -0.2) is 4.79 Å². The molecule has 120 valence electrons. The van der Waals surface area contributed by atoms with Gasteiger partial charge in [0.25, 0.3) is 0 Å². The van der Waals surface area contributed by atoms with Gasteiger partial charge in [0.2, 0.25) is 5.91 Å². The minimum absolute atomic E-state index is 0.0777. The van der Waals surface area contributed by atoms with Gasteiger partial charge in [0.1, 0.15) is 0 Å². The first-order valence-corrected chi connectivity index (χ1v) is 7.66. The van der Waals surface area contributed by atoms with Crippen molar-refractivity contribution < 1.29 is 9.90 Å². The molecule has 0 radical (unpaired) electrons. The summed E-state index contributed by atoms with van der Waals surface area (Å²) in [5.41, 5.74) is 1.67. The van der Waals surface area contributed by atoms with E-state index in [1.165, 1.54) is 0 Å². The molecule has 1 atom stereocenters. The number of hydrogen-bond donors (Lipinski definition) is 2. The molecule has 1 unspecified atom stereocenters. The lowest BCUT2D eigenvalue weighted by atomic mass is 10.3. The van der Waals surface area contributed by atoms with Gasteiger partial charge in [-0.2, -0.15) is 0 Å². The molecule has 2 aromatic rings. The number of aromatic nitrogens is 2. The molecule has 0 spiro atoms. The number of hydrogen-bond acceptors (Lipinski definition) is 3. The maximum Gasteiger partial charge on any atom is 0.329 e. The zero-order valence-electron chi connectivity index (χ0n) is 13.1. The lowest BCUT2D eigenvalue weighted by molar-refractivity contribution is -0.122. The van der Waals surface area contributed by atoms with Crippen molar-refractivity contribution in [2.24, 2.45) is 0 Å². The highest BCUT2D eigenvalue weighted by molar-refractivity contribution is 5.78. The molecule has 0 saturated heterocycles. The maximum atomic E-state index is 12.5. The lowest BCUT2D eigenvalue weighted by Gasteiger charge is -2.10. The summed E-state index contributed by atoms with van der Waals surface area (Å²) < 4.78 is 3.40. The van der Waals surface area contributed by atoms with E-state index in [4.69, 9.17) is 5.11 Å². The van der Waals surface area contributed by atoms with E-state index >= 15 is 0 Å². The van der Waals surface area contributed by atoms with Crippen LogP contribution in [-0.4, -0.2) is 32.8 Å². The van der Waals surface area contributed by atoms with Crippen LogP contribution in [0, 0.1) is 0 Å². The Morgan fingerprint density at radius 2 is 1.82 bits per heavy atom. The number of fused-ring (bicyclic) bond motifs is 1. The summed E-state index contributed by atoms with van der Waals surface area (Å²) in [5.74, 6) is -0.166. The molecule has 1 amide bonds. The minimum atomic E-state index is -0.273. The van der Waals surface area contributed by atoms with Crippen LogP contribution in [0.1, 0.15) is 26.7 Å². The number of rotatable bonds is 7. The standard InChI is InChI=1S/C16H23N3O3/c1-3-9-18-13-6-4-5-7-14(13)19(16(18)22)10-8-15(21)17-12(2)11-20/h4-7,12,20H,3,8-11H2,1-2H3,(H,17,21). The second kappa shape index (κ2) is 7.26. The predicted molar refractivity (Wildman–Crippen MR) is 85.8 cm³/mol. The van der Waals surface area contributed by atoms with Gasteiger partial charge in [0.05, 0.1) is 17.6 Å². The number of para-hydroxylation sites is 2. The van der Waals surface area contributed by atoms with Gasteiger partial charge < -0.3 is 10.4 Å². The fourth-order valence-corrected chi connectivity index (χ4v) is 2.53. The Kier molecular flexibility index (Phi) is 5.38. The van der Waals surface area contributed by atoms with E-state index in [1.54, 1.807) is 16.1 Å². The monoisotopic (exact) mass is 305 g/mol. The summed E-state index contributed by atoms with van der Waals surface area (Å²) >= 11 is 0. The van der Waals surface area contributed by atoms with Gasteiger partial charge in [-0.3, -0.25) is 13.9 Å². The van der Waals surface area contributed by atoms with E-state index in [9.17, 15) is 9.59 Å². The predicted octanol–water partition coefficient (Wildman–Crippen LogP) is 1.10. The first-order chi connectivity index (χ1) is 10.6. The van der Waals surface area contributed by atoms with Crippen molar-refractivity contribution in [3.63, 3.8) is 0 Å². The average molecular weight is 305 g/mol. The van der Waals surface area contributed by atoms with Crippen LogP contribution < -0.4 is 11.0 Å². The van der Waals surface area contributed by atoms with Gasteiger partial charge in [0, 0.05) is 25.6 Å². The van der Waals surface area contributed by atoms with E-state index in [0.29, 0.717) is 13.1 Å². The smallest absolute Gasteiger partial charge is 0.329 e. The van der Waals surface area contributed by atoms with Crippen molar-refractivity contribution in [3.05, 3.63) is 34.7 Å². The van der Waals surface area contributed by atoms with Gasteiger partial charge in [-0.05, 0) is 25.5 Å². The Balaban J connectivity index is 2.23. The number of nitrogens with zero attached hydrogens (tertiary/aromatic N) is 2. The number of carbonyl (C=O) groups is 1. The number of benzene rings is 1. The van der Waals surface area contributed by atoms with Crippen LogP contribution in [0.2, 0.25) is 0 Å². The number of nitrogens with one attached hydrogen (secondary N) is 1. The fourth-order valence-electron chi connectivity index (χ4n) is 2.53. The molecule has 6 heteroatoms. The summed E-state index contributed by atoms with van der Waals surface area (Å²) in [4.78, 5) is 24.3. The molecule has 0 fully saturated rings. The Hall–Kier alpha value is -2.08. The van der Waals surface area contributed by atoms with Crippen LogP contribution in [0.15, 0.2) is 29.1 Å². The van der Waals surface area contributed by atoms with Crippen molar-refractivity contribution in [2.75, 3.05) is 6.61 Å². The van der Waals surface area contributed by atoms with Crippen LogP contribution in [0.25, 0.3) is 11.0 Å². The van der Waals surface area contributed by atoms with Crippen molar-refractivity contribution >= 4 is 16.9 Å². The summed E-state index contributed by atoms with van der Waals surface area (Å²) in [7, 11) is 0. The fraction of sp³-hybridized carbons (Fsp3) is 0.500. The Morgan fingerprint density at radius 3 is 2.36 bits per heavy atom. The molecule has 2 rings (SSSR count). The average Bonchev–Trinajstić information content (AvgIpc) is 2.78. The number of amides is 1. The summed E-state index contributed by atoms with van der Waals surface area (Å²) in [5, 5.41) is 11.6. The zero-order chi connectivity index (χ0) is 16.1. The number of imidazole rings is 1. The van der Waals surface area contributed by atoms with Crippen molar-refractivity contribution in [1.29, 1.82) is 0 Å². The van der Waals surface area contributed by atoms with E-state index < -0.39 is 0 Å². The molecular formula is C16H23N3O3. The topological polar surface area (TPSA) is 76.3 Å². The molecular weight excluding hydrogens is 282 g/mol. The number of aliphatic hydroxyl groups is 1. The van der Waals surface area contributed by atoms with Gasteiger partial charge in [-0.15, -0.1) is 0 Å². The normalized spacial score (nSPS) is 12.5. The van der Waals surface area contributed by atoms with Gasteiger partial charge in [-0.1, -0.05) is 19.1 Å². The SMILES string of the molecule is CCCn1c(=O)n(CCC(=O)NC(C)CO)c2ccccc21. The zero-order valence-corrected chi connectivity index (χ0v) is 13.1. The molecule has 1 aromatic carbocycles. The first-order valence-electron chi connectivity index (χ1n) is 7.66. The van der Waals surface area contributed by atoms with Crippen LogP contribution in [-0.2, 0) is 17.9 Å². The van der Waals surface area contributed by atoms with Crippen LogP contribution >= 0.6 is 0 Å². The molecule has 0 aliphatic heterocycles. The van der Waals surface area contributed by atoms with E-state index in [0.717, 1.165) is 17.5 Å². The highest BCUT2D eigenvalue weighted by Gasteiger charge is 2.13. The number of aliphatic hydroxyl groups excluding tert-OH is 1. The molecule has 2 N–H and O–H groups in total. The van der Waals surface area contributed by atoms with Gasteiger partial charge >= 0.3 is 5.69 Å². The lowest BCUT2D eigenvalue weighted by Crippen LogP contribution is -2.36. The second-order valence-corrected chi connectivity index (χ2v) is 5.48. The van der Waals surface area contributed by atoms with E-state index in [-0.39, 0.29) is 30.7 Å². The minimum Gasteiger partial charge on any atom is -0.394 e. The van der Waals surface area contributed by atoms with E-state index in [1.807, 2.05) is 31.2 Å². The molecule has 6 nitrogen and oxygen atoms in total. The molecule has 0 aliphatic rings. The van der Waals surface area contributed by atoms with Crippen LogP contribution in [0.4, 0.5) is 0 Å². The van der Waals surface area contributed by atoms with Crippen LogP contribution in [0.5, 0.6) is 0 Å². The summed E-state index contributed by atoms with van der Waals surface area (Å²) in [6, 6.07) is 7.36. The summed E-state index contributed by atoms with van der Waals surface area (Å²) in [6.45, 7) is 4.67. The molecule has 1 aromatic heterocycles. The van der Waals surface area contributed by atoms with E-state index in [2.05, 4.69) is 5.32 Å². The largest absolute Gasteiger partial charge is 0.394 e. The quantitative estimate of drug-likeness (QED) is 0.804. The van der Waals surface area contributed by atoms with Crippen LogP contribution in [0.3, 0.4) is 0 Å². The number of aryl methyl sites for hydroxylation is 2. The van der Waals surface area contributed by atoms with Gasteiger partial charge in [0.15, 0.2) is 0 Å². The third kappa shape index (κ3) is 3.39. The number of carbonyl (C=O) groups excluding carboxylic acids is 1. The molecule has 0 saturated carbocycles. The second-order valence-electron chi connectivity index (χ2n) is 5.48. The highest BCUT2D eigenvalue weighted by Crippen LogP contribution is 2.13. The third-order valence-corrected chi connectivity index (χ3v) is 3.62. The van der Waals surface area contributed by atoms with Crippen molar-refractivity contribution in [2.45, 2.75) is 45.8 Å². The Morgan fingerprint density at radius 1 is 1.23 bits per heavy atom. The third-order valence-electron chi connectivity index (χ3n) is 3.62. The Labute approximate surface area is 129 Å².